The highest BCUT2D eigenvalue weighted by Crippen LogP contribution is 2.36. The predicted octanol–water partition coefficient (Wildman–Crippen LogP) is 3.84. The number of ether oxygens (including phenoxy) is 2. The maximum Gasteiger partial charge on any atom is 0.192 e. The van der Waals surface area contributed by atoms with Crippen molar-refractivity contribution >= 4 is 14.6 Å². The third-order valence-electron chi connectivity index (χ3n) is 4.22. The van der Waals surface area contributed by atoms with E-state index in [9.17, 15) is 4.79 Å². The molecule has 0 aromatic rings. The fourth-order valence-corrected chi connectivity index (χ4v) is 2.88. The Labute approximate surface area is 135 Å². The minimum atomic E-state index is -1.73. The monoisotopic (exact) mass is 326 g/mol. The van der Waals surface area contributed by atoms with Crippen LogP contribution in [0.4, 0.5) is 0 Å². The van der Waals surface area contributed by atoms with Gasteiger partial charge in [0.05, 0.1) is 6.61 Å². The maximum atomic E-state index is 10.5. The molecule has 1 fully saturated rings. The molecule has 0 bridgehead atoms. The van der Waals surface area contributed by atoms with Crippen LogP contribution in [0, 0.1) is 0 Å². The van der Waals surface area contributed by atoms with Gasteiger partial charge in [-0.05, 0) is 44.1 Å². The largest absolute Gasteiger partial charge is 0.413 e. The summed E-state index contributed by atoms with van der Waals surface area (Å²) in [5, 5.41) is 0.199. The van der Waals surface area contributed by atoms with Gasteiger partial charge >= 0.3 is 0 Å². The first-order valence-electron chi connectivity index (χ1n) is 7.77. The molecule has 0 saturated carbocycles. The standard InChI is InChI=1S/C17H30O4Si/c1-16(2,3)22(6,7)19-13-9-11-15-14(10-8-12-18)20-17(4,5)21-15/h8-12,14-15H,13H2,1-7H3/b10-8+,11-9+/t14-,15-/m0/s1. The molecule has 1 aliphatic rings. The SMILES string of the molecule is CC1(C)O[C@@H](/C=C/C=O)[C@H](/C=C/CO[Si](C)(C)C(C)(C)C)O1. The van der Waals surface area contributed by atoms with Crippen LogP contribution in [-0.2, 0) is 18.7 Å². The van der Waals surface area contributed by atoms with Crippen molar-refractivity contribution in [1.82, 2.24) is 0 Å². The molecule has 2 atom stereocenters. The van der Waals surface area contributed by atoms with Crippen LogP contribution in [0.25, 0.3) is 0 Å². The van der Waals surface area contributed by atoms with Gasteiger partial charge in [-0.15, -0.1) is 0 Å². The van der Waals surface area contributed by atoms with Crippen LogP contribution in [0.3, 0.4) is 0 Å². The Morgan fingerprint density at radius 3 is 2.18 bits per heavy atom. The molecule has 0 unspecified atom stereocenters. The number of hydrogen-bond acceptors (Lipinski definition) is 4. The summed E-state index contributed by atoms with van der Waals surface area (Å²) in [5.74, 6) is -0.646. The molecule has 4 nitrogen and oxygen atoms in total. The molecular weight excluding hydrogens is 296 g/mol. The van der Waals surface area contributed by atoms with Gasteiger partial charge in [-0.1, -0.05) is 32.9 Å². The number of carbonyl (C=O) groups excluding carboxylic acids is 1. The van der Waals surface area contributed by atoms with Gasteiger partial charge in [-0.3, -0.25) is 4.79 Å². The third-order valence-corrected chi connectivity index (χ3v) is 8.72. The molecule has 0 aromatic heterocycles. The molecule has 0 aromatic carbocycles. The Kier molecular flexibility index (Phi) is 6.33. The second-order valence-electron chi connectivity index (χ2n) is 7.59. The van der Waals surface area contributed by atoms with E-state index in [2.05, 4.69) is 33.9 Å². The Morgan fingerprint density at radius 2 is 1.68 bits per heavy atom. The van der Waals surface area contributed by atoms with Crippen molar-refractivity contribution in [2.45, 2.75) is 70.7 Å². The zero-order chi connectivity index (χ0) is 17.0. The predicted molar refractivity (Wildman–Crippen MR) is 91.3 cm³/mol. The Morgan fingerprint density at radius 1 is 1.14 bits per heavy atom. The van der Waals surface area contributed by atoms with Crippen molar-refractivity contribution < 1.29 is 18.7 Å². The van der Waals surface area contributed by atoms with E-state index in [1.165, 1.54) is 6.08 Å². The summed E-state index contributed by atoms with van der Waals surface area (Å²) in [6, 6.07) is 0. The fraction of sp³-hybridized carbons (Fsp3) is 0.706. The second-order valence-corrected chi connectivity index (χ2v) is 12.4. The van der Waals surface area contributed by atoms with Crippen molar-refractivity contribution in [2.75, 3.05) is 6.61 Å². The van der Waals surface area contributed by atoms with Gasteiger partial charge in [0, 0.05) is 0 Å². The van der Waals surface area contributed by atoms with Gasteiger partial charge in [0.2, 0.25) is 0 Å². The molecule has 0 radical (unpaired) electrons. The lowest BCUT2D eigenvalue weighted by Gasteiger charge is -2.35. The van der Waals surface area contributed by atoms with Crippen molar-refractivity contribution in [3.05, 3.63) is 24.3 Å². The van der Waals surface area contributed by atoms with Crippen molar-refractivity contribution in [2.24, 2.45) is 0 Å². The summed E-state index contributed by atoms with van der Waals surface area (Å²) in [6.07, 6.45) is 7.42. The van der Waals surface area contributed by atoms with E-state index in [0.29, 0.717) is 6.61 Å². The third kappa shape index (κ3) is 5.46. The first kappa shape index (κ1) is 19.3. The highest BCUT2D eigenvalue weighted by molar-refractivity contribution is 6.74. The summed E-state index contributed by atoms with van der Waals surface area (Å²) in [6.45, 7) is 15.4. The molecule has 1 rings (SSSR count). The zero-order valence-electron chi connectivity index (χ0n) is 14.9. The van der Waals surface area contributed by atoms with Crippen LogP contribution in [0.2, 0.25) is 18.1 Å². The molecule has 126 valence electrons. The Balaban J connectivity index is 2.61. The maximum absolute atomic E-state index is 10.5. The van der Waals surface area contributed by atoms with Gasteiger partial charge in [0.15, 0.2) is 14.1 Å². The van der Waals surface area contributed by atoms with E-state index in [-0.39, 0.29) is 17.2 Å². The van der Waals surface area contributed by atoms with Gasteiger partial charge in [0.1, 0.15) is 18.5 Å². The molecule has 1 aliphatic heterocycles. The minimum absolute atomic E-state index is 0.199. The second kappa shape index (κ2) is 7.21. The summed E-state index contributed by atoms with van der Waals surface area (Å²) in [5.41, 5.74) is 0. The summed E-state index contributed by atoms with van der Waals surface area (Å²) in [7, 11) is -1.73. The average molecular weight is 327 g/mol. The normalized spacial score (nSPS) is 26.1. The number of carbonyl (C=O) groups is 1. The number of aldehydes is 1. The van der Waals surface area contributed by atoms with Crippen LogP contribution in [0.15, 0.2) is 24.3 Å². The van der Waals surface area contributed by atoms with Gasteiger partial charge in [-0.25, -0.2) is 0 Å². The lowest BCUT2D eigenvalue weighted by atomic mass is 10.2. The highest BCUT2D eigenvalue weighted by atomic mass is 28.4. The first-order chi connectivity index (χ1) is 9.98. The van der Waals surface area contributed by atoms with E-state index in [1.807, 2.05) is 26.0 Å². The number of hydrogen-bond donors (Lipinski definition) is 0. The van der Waals surface area contributed by atoms with E-state index >= 15 is 0 Å². The summed E-state index contributed by atoms with van der Waals surface area (Å²) < 4.78 is 17.7. The molecule has 0 amide bonds. The average Bonchev–Trinajstić information content (AvgIpc) is 2.65. The van der Waals surface area contributed by atoms with Crippen LogP contribution in [0.1, 0.15) is 34.6 Å². The van der Waals surface area contributed by atoms with Crippen LogP contribution in [0.5, 0.6) is 0 Å². The lowest BCUT2D eigenvalue weighted by Crippen LogP contribution is -2.40. The molecule has 1 heterocycles. The van der Waals surface area contributed by atoms with E-state index in [1.54, 1.807) is 6.08 Å². The number of allylic oxidation sites excluding steroid dienone is 1. The van der Waals surface area contributed by atoms with E-state index < -0.39 is 14.1 Å². The van der Waals surface area contributed by atoms with Crippen molar-refractivity contribution in [1.29, 1.82) is 0 Å². The molecule has 0 aliphatic carbocycles. The van der Waals surface area contributed by atoms with Crippen molar-refractivity contribution in [3.63, 3.8) is 0 Å². The first-order valence-corrected chi connectivity index (χ1v) is 10.7. The van der Waals surface area contributed by atoms with Crippen LogP contribution >= 0.6 is 0 Å². The summed E-state index contributed by atoms with van der Waals surface area (Å²) >= 11 is 0. The summed E-state index contributed by atoms with van der Waals surface area (Å²) in [4.78, 5) is 10.5. The zero-order valence-corrected chi connectivity index (χ0v) is 15.9. The number of rotatable bonds is 6. The van der Waals surface area contributed by atoms with E-state index in [0.717, 1.165) is 6.29 Å². The van der Waals surface area contributed by atoms with E-state index in [4.69, 9.17) is 13.9 Å². The molecule has 22 heavy (non-hydrogen) atoms. The van der Waals surface area contributed by atoms with Gasteiger partial charge in [-0.2, -0.15) is 0 Å². The molecule has 0 spiro atoms. The quantitative estimate of drug-likeness (QED) is 0.322. The van der Waals surface area contributed by atoms with Gasteiger partial charge in [0.25, 0.3) is 0 Å². The smallest absolute Gasteiger partial charge is 0.192 e. The highest BCUT2D eigenvalue weighted by Gasteiger charge is 2.39. The van der Waals surface area contributed by atoms with Crippen LogP contribution in [-0.4, -0.2) is 39.2 Å². The van der Waals surface area contributed by atoms with Gasteiger partial charge < -0.3 is 13.9 Å². The lowest BCUT2D eigenvalue weighted by molar-refractivity contribution is -0.139. The Bertz CT molecular complexity index is 432. The molecule has 5 heteroatoms. The Hall–Kier alpha value is -0.753. The fourth-order valence-electron chi connectivity index (χ4n) is 1.93. The molecular formula is C17H30O4Si. The topological polar surface area (TPSA) is 44.8 Å². The molecule has 0 N–H and O–H groups in total. The van der Waals surface area contributed by atoms with Crippen molar-refractivity contribution in [3.8, 4) is 0 Å². The molecule has 1 saturated heterocycles. The minimum Gasteiger partial charge on any atom is -0.413 e. The van der Waals surface area contributed by atoms with Crippen LogP contribution < -0.4 is 0 Å².